The quantitative estimate of drug-likeness (QED) is 0.794. The molecule has 1 aromatic carbocycles. The lowest BCUT2D eigenvalue weighted by atomic mass is 10.0. The average molecular weight is 408 g/mol. The number of halogens is 3. The molecule has 0 unspecified atom stereocenters. The second-order valence-electron chi connectivity index (χ2n) is 7.31. The van der Waals surface area contributed by atoms with Crippen LogP contribution in [0.3, 0.4) is 0 Å². The summed E-state index contributed by atoms with van der Waals surface area (Å²) in [5.74, 6) is -0.972. The van der Waals surface area contributed by atoms with Crippen LogP contribution in [0.1, 0.15) is 23.2 Å². The largest absolute Gasteiger partial charge is 0.406 e. The van der Waals surface area contributed by atoms with Crippen LogP contribution in [0.25, 0.3) is 10.9 Å². The highest BCUT2D eigenvalue weighted by Crippen LogP contribution is 2.26. The van der Waals surface area contributed by atoms with Crippen LogP contribution < -0.4 is 0 Å². The van der Waals surface area contributed by atoms with E-state index in [-0.39, 0.29) is 23.4 Å². The molecule has 0 bridgehead atoms. The topological polar surface area (TPSA) is 76.7 Å². The third-order valence-electron chi connectivity index (χ3n) is 5.41. The lowest BCUT2D eigenvalue weighted by Gasteiger charge is -2.36. The maximum atomic E-state index is 12.8. The van der Waals surface area contributed by atoms with Gasteiger partial charge in [0.1, 0.15) is 13.1 Å². The van der Waals surface area contributed by atoms with Crippen molar-refractivity contribution in [3.8, 4) is 0 Å². The summed E-state index contributed by atoms with van der Waals surface area (Å²) in [4.78, 5) is 43.1. The first kappa shape index (κ1) is 19.3. The summed E-state index contributed by atoms with van der Waals surface area (Å²) < 4.78 is 37.8. The highest BCUT2D eigenvalue weighted by atomic mass is 19.4. The Labute approximate surface area is 164 Å². The van der Waals surface area contributed by atoms with Gasteiger partial charge in [0.05, 0.1) is 0 Å². The number of H-pyrrole nitrogens is 1. The number of piperidine rings is 1. The van der Waals surface area contributed by atoms with Crippen LogP contribution in [0, 0.1) is 0 Å². The molecular weight excluding hydrogens is 389 g/mol. The Balaban J connectivity index is 1.38. The van der Waals surface area contributed by atoms with Crippen LogP contribution in [0.4, 0.5) is 18.0 Å². The molecule has 1 N–H and O–H groups in total. The van der Waals surface area contributed by atoms with Gasteiger partial charge in [-0.25, -0.2) is 4.79 Å². The zero-order chi connectivity index (χ0) is 20.8. The minimum absolute atomic E-state index is 0.130. The number of rotatable bonds is 3. The number of fused-ring (bicyclic) bond motifs is 1. The first-order chi connectivity index (χ1) is 13.7. The lowest BCUT2D eigenvalue weighted by Crippen LogP contribution is -2.48. The number of benzene rings is 1. The Bertz CT molecular complexity index is 963. The number of aromatic nitrogens is 1. The van der Waals surface area contributed by atoms with Crippen molar-refractivity contribution < 1.29 is 27.6 Å². The van der Waals surface area contributed by atoms with E-state index in [1.165, 1.54) is 4.90 Å². The molecule has 2 aliphatic rings. The van der Waals surface area contributed by atoms with Gasteiger partial charge in [0.15, 0.2) is 0 Å². The van der Waals surface area contributed by atoms with E-state index < -0.39 is 24.7 Å². The number of likely N-dealkylation sites (tertiary alicyclic amines) is 1. The van der Waals surface area contributed by atoms with Gasteiger partial charge >= 0.3 is 12.2 Å². The number of carbonyl (C=O) groups excluding carboxylic acids is 3. The first-order valence-corrected chi connectivity index (χ1v) is 9.27. The minimum Gasteiger partial charge on any atom is -0.361 e. The molecule has 2 aromatic rings. The van der Waals surface area contributed by atoms with Gasteiger partial charge in [-0.15, -0.1) is 0 Å². The fraction of sp³-hybridized carbons (Fsp3) is 0.421. The number of nitrogens with one attached hydrogen (secondary N) is 1. The maximum Gasteiger partial charge on any atom is 0.406 e. The summed E-state index contributed by atoms with van der Waals surface area (Å²) in [5.41, 5.74) is 1.49. The third-order valence-corrected chi connectivity index (χ3v) is 5.41. The Kier molecular flexibility index (Phi) is 4.71. The molecule has 3 heterocycles. The molecule has 10 heteroatoms. The number of hydrogen-bond acceptors (Lipinski definition) is 3. The van der Waals surface area contributed by atoms with Crippen LogP contribution in [0.5, 0.6) is 0 Å². The van der Waals surface area contributed by atoms with Crippen molar-refractivity contribution in [1.29, 1.82) is 0 Å². The fourth-order valence-electron chi connectivity index (χ4n) is 3.93. The highest BCUT2D eigenvalue weighted by Gasteiger charge is 2.45. The van der Waals surface area contributed by atoms with Gasteiger partial charge in [-0.05, 0) is 37.1 Å². The van der Waals surface area contributed by atoms with Crippen molar-refractivity contribution in [2.45, 2.75) is 25.1 Å². The number of amides is 4. The normalized spacial score (nSPS) is 18.9. The highest BCUT2D eigenvalue weighted by molar-refractivity contribution is 6.02. The maximum absolute atomic E-state index is 12.8. The molecule has 4 amide bonds. The van der Waals surface area contributed by atoms with Crippen LogP contribution >= 0.6 is 0 Å². The van der Waals surface area contributed by atoms with Crippen molar-refractivity contribution in [1.82, 2.24) is 19.7 Å². The molecule has 2 saturated heterocycles. The van der Waals surface area contributed by atoms with Crippen molar-refractivity contribution in [2.75, 3.05) is 26.2 Å². The van der Waals surface area contributed by atoms with Crippen LogP contribution in [0.15, 0.2) is 30.5 Å². The van der Waals surface area contributed by atoms with Crippen LogP contribution in [-0.2, 0) is 4.79 Å². The number of alkyl halides is 3. The van der Waals surface area contributed by atoms with Gasteiger partial charge in [-0.1, -0.05) is 0 Å². The van der Waals surface area contributed by atoms with Gasteiger partial charge in [0, 0.05) is 41.8 Å². The lowest BCUT2D eigenvalue weighted by molar-refractivity contribution is -0.151. The zero-order valence-electron chi connectivity index (χ0n) is 15.4. The molecule has 4 rings (SSSR count). The van der Waals surface area contributed by atoms with E-state index in [4.69, 9.17) is 0 Å². The monoisotopic (exact) mass is 408 g/mol. The van der Waals surface area contributed by atoms with Crippen molar-refractivity contribution in [2.24, 2.45) is 0 Å². The molecule has 0 saturated carbocycles. The molecule has 2 aliphatic heterocycles. The summed E-state index contributed by atoms with van der Waals surface area (Å²) in [7, 11) is 0. The second kappa shape index (κ2) is 7.09. The fourth-order valence-corrected chi connectivity index (χ4v) is 3.93. The number of imide groups is 1. The molecule has 0 spiro atoms. The predicted octanol–water partition coefficient (Wildman–Crippen LogP) is 2.60. The van der Waals surface area contributed by atoms with Gasteiger partial charge in [-0.3, -0.25) is 14.5 Å². The van der Waals surface area contributed by atoms with E-state index >= 15 is 0 Å². The van der Waals surface area contributed by atoms with Gasteiger partial charge in [0.2, 0.25) is 0 Å². The van der Waals surface area contributed by atoms with E-state index in [1.54, 1.807) is 23.2 Å². The Morgan fingerprint density at radius 3 is 2.55 bits per heavy atom. The molecule has 154 valence electrons. The second-order valence-corrected chi connectivity index (χ2v) is 7.31. The minimum atomic E-state index is -4.63. The van der Waals surface area contributed by atoms with Gasteiger partial charge < -0.3 is 14.8 Å². The molecule has 7 nitrogen and oxygen atoms in total. The molecular formula is C19H19F3N4O3. The number of aromatic amines is 1. The standard InChI is InChI=1S/C19H19F3N4O3/c20-19(21,22)11-26-16(27)10-25(18(26)29)14-4-7-24(8-5-14)17(28)13-1-2-15-12(9-13)3-6-23-15/h1-3,6,9,14,23H,4-5,7-8,10-11H2. The first-order valence-electron chi connectivity index (χ1n) is 9.27. The number of carbonyl (C=O) groups is 3. The summed E-state index contributed by atoms with van der Waals surface area (Å²) in [5, 5.41) is 0.927. The van der Waals surface area contributed by atoms with E-state index in [0.29, 0.717) is 31.5 Å². The number of hydrogen-bond donors (Lipinski definition) is 1. The summed E-state index contributed by atoms with van der Waals surface area (Å²) >= 11 is 0. The number of nitrogens with zero attached hydrogens (tertiary/aromatic N) is 3. The van der Waals surface area contributed by atoms with Crippen molar-refractivity contribution >= 4 is 28.7 Å². The summed E-state index contributed by atoms with van der Waals surface area (Å²) in [6, 6.07) is 5.99. The molecule has 29 heavy (non-hydrogen) atoms. The SMILES string of the molecule is O=C(c1ccc2[nH]ccc2c1)N1CCC(N2CC(=O)N(CC(F)(F)F)C2=O)CC1. The van der Waals surface area contributed by atoms with Crippen molar-refractivity contribution in [3.05, 3.63) is 36.0 Å². The predicted molar refractivity (Wildman–Crippen MR) is 97.1 cm³/mol. The van der Waals surface area contributed by atoms with Crippen LogP contribution in [-0.4, -0.2) is 75.9 Å². The van der Waals surface area contributed by atoms with Crippen LogP contribution in [0.2, 0.25) is 0 Å². The smallest absolute Gasteiger partial charge is 0.361 e. The third kappa shape index (κ3) is 3.79. The summed E-state index contributed by atoms with van der Waals surface area (Å²) in [6.45, 7) is -1.18. The van der Waals surface area contributed by atoms with Gasteiger partial charge in [-0.2, -0.15) is 13.2 Å². The molecule has 2 fully saturated rings. The number of urea groups is 1. The van der Waals surface area contributed by atoms with E-state index in [9.17, 15) is 27.6 Å². The Morgan fingerprint density at radius 1 is 1.14 bits per heavy atom. The molecule has 1 aromatic heterocycles. The molecule has 0 atom stereocenters. The summed E-state index contributed by atoms with van der Waals surface area (Å²) in [6.07, 6.45) is -2.01. The average Bonchev–Trinajstić information content (AvgIpc) is 3.26. The molecule has 0 radical (unpaired) electrons. The Hall–Kier alpha value is -3.04. The molecule has 0 aliphatic carbocycles. The van der Waals surface area contributed by atoms with E-state index in [0.717, 1.165) is 10.9 Å². The van der Waals surface area contributed by atoms with E-state index in [2.05, 4.69) is 4.98 Å². The van der Waals surface area contributed by atoms with E-state index in [1.807, 2.05) is 12.1 Å². The van der Waals surface area contributed by atoms with Gasteiger partial charge in [0.25, 0.3) is 11.8 Å². The zero-order valence-corrected chi connectivity index (χ0v) is 15.4. The Morgan fingerprint density at radius 2 is 1.86 bits per heavy atom. The van der Waals surface area contributed by atoms with Crippen molar-refractivity contribution in [3.63, 3.8) is 0 Å².